The number of carboxylic acid groups (broad SMARTS) is 2. The van der Waals surface area contributed by atoms with Crippen molar-refractivity contribution >= 4 is 31.3 Å². The third-order valence-corrected chi connectivity index (χ3v) is 4.45. The number of rotatable bonds is 6. The fraction of sp³-hybridized carbons (Fsp3) is 0.750. The first-order valence-electron chi connectivity index (χ1n) is 4.67. The lowest BCUT2D eigenvalue weighted by Gasteiger charge is -2.19. The second-order valence-electron chi connectivity index (χ2n) is 2.86. The maximum Gasteiger partial charge on any atom is 0.414 e. The highest BCUT2D eigenvalue weighted by Crippen LogP contribution is 2.50. The van der Waals surface area contributed by atoms with Crippen LogP contribution in [0.2, 0.25) is 0 Å². The first kappa shape index (κ1) is 19.7. The number of hydrogen-bond acceptors (Lipinski definition) is 7. The number of aliphatic carboxylic acids is 2. The molecule has 0 aromatic heterocycles. The van der Waals surface area contributed by atoms with Gasteiger partial charge in [0.1, 0.15) is 5.78 Å². The molecule has 0 heterocycles. The van der Waals surface area contributed by atoms with E-state index in [9.17, 15) is 4.57 Å². The summed E-state index contributed by atoms with van der Waals surface area (Å²) in [5, 5.41) is 14.8. The van der Waals surface area contributed by atoms with E-state index in [2.05, 4.69) is 0 Å². The summed E-state index contributed by atoms with van der Waals surface area (Å²) in [4.78, 5) is 18.2. The van der Waals surface area contributed by atoms with E-state index in [1.165, 1.54) is 14.2 Å². The molecule has 0 saturated heterocycles. The van der Waals surface area contributed by atoms with Crippen molar-refractivity contribution in [1.29, 1.82) is 0 Å². The summed E-state index contributed by atoms with van der Waals surface area (Å²) < 4.78 is 21.1. The van der Waals surface area contributed by atoms with E-state index >= 15 is 0 Å². The molecule has 0 amide bonds. The van der Waals surface area contributed by atoms with E-state index in [0.717, 1.165) is 5.75 Å². The van der Waals surface area contributed by atoms with Crippen LogP contribution in [0.1, 0.15) is 6.42 Å². The van der Waals surface area contributed by atoms with Crippen LogP contribution in [0.25, 0.3) is 0 Å². The van der Waals surface area contributed by atoms with Crippen molar-refractivity contribution in [3.63, 3.8) is 0 Å². The predicted octanol–water partition coefficient (Wildman–Crippen LogP) is 0.666. The molecular weight excluding hydrogens is 285 g/mol. The van der Waals surface area contributed by atoms with Gasteiger partial charge in [0.15, 0.2) is 0 Å². The van der Waals surface area contributed by atoms with Crippen molar-refractivity contribution in [3.05, 3.63) is 0 Å². The molecule has 0 fully saturated rings. The van der Waals surface area contributed by atoms with E-state index in [1.54, 1.807) is 11.8 Å². The van der Waals surface area contributed by atoms with E-state index in [-0.39, 0.29) is 0 Å². The predicted molar refractivity (Wildman–Crippen MR) is 67.9 cm³/mol. The zero-order valence-corrected chi connectivity index (χ0v) is 12.1. The normalized spacial score (nSPS) is 12.2. The van der Waals surface area contributed by atoms with Gasteiger partial charge in [0, 0.05) is 14.2 Å². The fourth-order valence-electron chi connectivity index (χ4n) is 0.742. The maximum atomic E-state index is 11.6. The molecule has 0 bridgehead atoms. The molecule has 0 aromatic carbocycles. The van der Waals surface area contributed by atoms with Crippen LogP contribution in [0.15, 0.2) is 0 Å². The minimum Gasteiger partial charge on any atom is -0.473 e. The Bertz CT molecular complexity index is 292. The monoisotopic (exact) mass is 303 g/mol. The SMILES string of the molecule is COP(=O)(OC)C(N)CCSC.O=C(O)C(=O)O. The van der Waals surface area contributed by atoms with E-state index < -0.39 is 25.3 Å². The van der Waals surface area contributed by atoms with Crippen LogP contribution < -0.4 is 5.73 Å². The van der Waals surface area contributed by atoms with Gasteiger partial charge in [-0.15, -0.1) is 0 Å². The smallest absolute Gasteiger partial charge is 0.414 e. The van der Waals surface area contributed by atoms with Gasteiger partial charge in [-0.25, -0.2) is 9.59 Å². The third-order valence-electron chi connectivity index (χ3n) is 1.72. The second-order valence-corrected chi connectivity index (χ2v) is 6.32. The minimum atomic E-state index is -3.04. The van der Waals surface area contributed by atoms with Gasteiger partial charge in [-0.3, -0.25) is 4.57 Å². The van der Waals surface area contributed by atoms with Crippen molar-refractivity contribution in [2.45, 2.75) is 12.2 Å². The third kappa shape index (κ3) is 8.48. The maximum absolute atomic E-state index is 11.6. The highest BCUT2D eigenvalue weighted by atomic mass is 32.2. The van der Waals surface area contributed by atoms with Crippen molar-refractivity contribution in [2.75, 3.05) is 26.2 Å². The largest absolute Gasteiger partial charge is 0.473 e. The molecule has 1 unspecified atom stereocenters. The van der Waals surface area contributed by atoms with Crippen LogP contribution in [0.4, 0.5) is 0 Å². The summed E-state index contributed by atoms with van der Waals surface area (Å²) in [6, 6.07) is 0. The van der Waals surface area contributed by atoms with Gasteiger partial charge in [0.25, 0.3) is 0 Å². The highest BCUT2D eigenvalue weighted by molar-refractivity contribution is 7.98. The highest BCUT2D eigenvalue weighted by Gasteiger charge is 2.29. The minimum absolute atomic E-state index is 0.514. The molecule has 0 aliphatic heterocycles. The van der Waals surface area contributed by atoms with Gasteiger partial charge in [0.05, 0.1) is 0 Å². The molecule has 4 N–H and O–H groups in total. The van der Waals surface area contributed by atoms with E-state index in [0.29, 0.717) is 6.42 Å². The Morgan fingerprint density at radius 1 is 1.28 bits per heavy atom. The Hall–Kier alpha value is -0.600. The lowest BCUT2D eigenvalue weighted by Crippen LogP contribution is -2.22. The summed E-state index contributed by atoms with van der Waals surface area (Å²) in [6.45, 7) is 0. The topological polar surface area (TPSA) is 136 Å². The van der Waals surface area contributed by atoms with Crippen LogP contribution in [0.3, 0.4) is 0 Å². The molecule has 0 aliphatic rings. The van der Waals surface area contributed by atoms with E-state index in [1.807, 2.05) is 6.26 Å². The first-order chi connectivity index (χ1) is 8.25. The van der Waals surface area contributed by atoms with Crippen LogP contribution >= 0.6 is 19.4 Å². The fourth-order valence-corrected chi connectivity index (χ4v) is 2.54. The van der Waals surface area contributed by atoms with Gasteiger partial charge in [-0.05, 0) is 18.4 Å². The van der Waals surface area contributed by atoms with Gasteiger partial charge in [-0.1, -0.05) is 0 Å². The van der Waals surface area contributed by atoms with E-state index in [4.69, 9.17) is 34.6 Å². The van der Waals surface area contributed by atoms with Crippen molar-refractivity contribution in [1.82, 2.24) is 0 Å². The van der Waals surface area contributed by atoms with Gasteiger partial charge in [-0.2, -0.15) is 11.8 Å². The van der Waals surface area contributed by atoms with Crippen LogP contribution in [-0.2, 0) is 23.2 Å². The van der Waals surface area contributed by atoms with Gasteiger partial charge >= 0.3 is 19.5 Å². The summed E-state index contributed by atoms with van der Waals surface area (Å²) in [5.74, 6) is -3.30. The Balaban J connectivity index is 0. The Kier molecular flexibility index (Phi) is 11.3. The standard InChI is InChI=1S/C6H16NO3PS.C2H2O4/c1-9-11(8,10-2)6(7)4-5-12-3;3-1(4)2(5)6/h6H,4-5,7H2,1-3H3;(H,3,4)(H,5,6). The molecule has 8 nitrogen and oxygen atoms in total. The average Bonchev–Trinajstić information content (AvgIpc) is 2.35. The van der Waals surface area contributed by atoms with Crippen LogP contribution in [0.5, 0.6) is 0 Å². The molecule has 0 saturated carbocycles. The number of nitrogens with two attached hydrogens (primary N) is 1. The summed E-state index contributed by atoms with van der Waals surface area (Å²) in [5.41, 5.74) is 5.63. The lowest BCUT2D eigenvalue weighted by atomic mass is 10.5. The molecule has 108 valence electrons. The summed E-state index contributed by atoms with van der Waals surface area (Å²) in [7, 11) is -0.337. The quantitative estimate of drug-likeness (QED) is 0.477. The van der Waals surface area contributed by atoms with Crippen molar-refractivity contribution in [3.8, 4) is 0 Å². The number of carboxylic acids is 2. The Labute approximate surface area is 109 Å². The van der Waals surface area contributed by atoms with Crippen molar-refractivity contribution in [2.24, 2.45) is 5.73 Å². The van der Waals surface area contributed by atoms with Crippen LogP contribution in [0, 0.1) is 0 Å². The number of hydrogen-bond donors (Lipinski definition) is 3. The molecule has 1 atom stereocenters. The number of carbonyl (C=O) groups is 2. The summed E-state index contributed by atoms with van der Waals surface area (Å²) >= 11 is 1.65. The molecule has 0 rings (SSSR count). The molecule has 10 heteroatoms. The molecular formula is C8H18NO7PS. The lowest BCUT2D eigenvalue weighted by molar-refractivity contribution is -0.159. The molecule has 0 aromatic rings. The zero-order chi connectivity index (χ0) is 14.8. The molecule has 0 radical (unpaired) electrons. The van der Waals surface area contributed by atoms with Crippen LogP contribution in [-0.4, -0.2) is 54.2 Å². The first-order valence-corrected chi connectivity index (χ1v) is 7.67. The zero-order valence-electron chi connectivity index (χ0n) is 10.4. The van der Waals surface area contributed by atoms with Gasteiger partial charge in [0.2, 0.25) is 0 Å². The number of thioether (sulfide) groups is 1. The Morgan fingerprint density at radius 3 is 1.89 bits per heavy atom. The average molecular weight is 303 g/mol. The molecule has 18 heavy (non-hydrogen) atoms. The van der Waals surface area contributed by atoms with Crippen molar-refractivity contribution < 1.29 is 33.4 Å². The second kappa shape index (κ2) is 10.3. The molecule has 0 aliphatic carbocycles. The van der Waals surface area contributed by atoms with Gasteiger partial charge < -0.3 is 25.0 Å². The Morgan fingerprint density at radius 2 is 1.67 bits per heavy atom. The summed E-state index contributed by atoms with van der Waals surface area (Å²) in [6.07, 6.45) is 2.61. The molecule has 0 spiro atoms.